The van der Waals surface area contributed by atoms with Gasteiger partial charge in [0.05, 0.1) is 0 Å². The Hall–Kier alpha value is -0.0800. The van der Waals surface area contributed by atoms with Gasteiger partial charge in [0.25, 0.3) is 0 Å². The van der Waals surface area contributed by atoms with Crippen LogP contribution in [0.15, 0.2) is 0 Å². The molecule has 13 heavy (non-hydrogen) atoms. The number of hydrazine groups is 1. The molecule has 0 amide bonds. The van der Waals surface area contributed by atoms with E-state index < -0.39 is 0 Å². The largest absolute Gasteiger partial charge is 0.245 e. The monoisotopic (exact) mass is 186 g/mol. The smallest absolute Gasteiger partial charge is 0.0130 e. The molecule has 0 bridgehead atoms. The SMILES string of the molecule is CCCN(C)N(C)CCCC(C)C. The van der Waals surface area contributed by atoms with Gasteiger partial charge in [-0.2, -0.15) is 0 Å². The molecule has 0 N–H and O–H groups in total. The van der Waals surface area contributed by atoms with E-state index in [0.29, 0.717) is 0 Å². The lowest BCUT2D eigenvalue weighted by molar-refractivity contribution is 0.0252. The first-order valence-corrected chi connectivity index (χ1v) is 5.50. The average Bonchev–Trinajstić information content (AvgIpc) is 2.04. The predicted molar refractivity (Wildman–Crippen MR) is 59.6 cm³/mol. The zero-order valence-electron chi connectivity index (χ0n) is 10.0. The summed E-state index contributed by atoms with van der Waals surface area (Å²) in [5, 5.41) is 4.63. The van der Waals surface area contributed by atoms with Crippen LogP contribution < -0.4 is 0 Å². The highest BCUT2D eigenvalue weighted by atomic mass is 15.6. The molecular formula is C11H26N2. The van der Waals surface area contributed by atoms with Crippen LogP contribution in [-0.4, -0.2) is 37.2 Å². The fourth-order valence-electron chi connectivity index (χ4n) is 1.39. The number of nitrogens with zero attached hydrogens (tertiary/aromatic N) is 2. The normalized spacial score (nSPS) is 12.0. The summed E-state index contributed by atoms with van der Waals surface area (Å²) < 4.78 is 0. The molecule has 0 aromatic rings. The van der Waals surface area contributed by atoms with Crippen LogP contribution in [0.5, 0.6) is 0 Å². The van der Waals surface area contributed by atoms with Crippen LogP contribution in [0.3, 0.4) is 0 Å². The molecule has 2 heteroatoms. The van der Waals surface area contributed by atoms with Gasteiger partial charge in [-0.1, -0.05) is 20.8 Å². The zero-order chi connectivity index (χ0) is 10.3. The summed E-state index contributed by atoms with van der Waals surface area (Å²) in [5.41, 5.74) is 0. The Morgan fingerprint density at radius 3 is 2.00 bits per heavy atom. The van der Waals surface area contributed by atoms with Crippen molar-refractivity contribution in [1.82, 2.24) is 10.0 Å². The fraction of sp³-hybridized carbons (Fsp3) is 1.00. The molecule has 0 radical (unpaired) electrons. The molecule has 0 spiro atoms. The molecule has 0 fully saturated rings. The van der Waals surface area contributed by atoms with E-state index >= 15 is 0 Å². The topological polar surface area (TPSA) is 6.48 Å². The first kappa shape index (κ1) is 12.9. The van der Waals surface area contributed by atoms with E-state index in [1.54, 1.807) is 0 Å². The molecule has 0 unspecified atom stereocenters. The Kier molecular flexibility index (Phi) is 7.29. The molecule has 0 saturated heterocycles. The lowest BCUT2D eigenvalue weighted by atomic mass is 10.1. The maximum atomic E-state index is 2.33. The molecule has 0 aliphatic rings. The van der Waals surface area contributed by atoms with E-state index in [1.165, 1.54) is 25.8 Å². The second-order valence-corrected chi connectivity index (χ2v) is 4.30. The third-order valence-corrected chi connectivity index (χ3v) is 2.39. The summed E-state index contributed by atoms with van der Waals surface area (Å²) in [4.78, 5) is 0. The molecule has 2 nitrogen and oxygen atoms in total. The van der Waals surface area contributed by atoms with Gasteiger partial charge in [0.15, 0.2) is 0 Å². The van der Waals surface area contributed by atoms with Crippen molar-refractivity contribution in [2.45, 2.75) is 40.0 Å². The van der Waals surface area contributed by atoms with Crippen molar-refractivity contribution in [2.24, 2.45) is 5.92 Å². The van der Waals surface area contributed by atoms with Crippen LogP contribution in [0.4, 0.5) is 0 Å². The summed E-state index contributed by atoms with van der Waals surface area (Å²) >= 11 is 0. The quantitative estimate of drug-likeness (QED) is 0.564. The van der Waals surface area contributed by atoms with Crippen molar-refractivity contribution in [3.05, 3.63) is 0 Å². The van der Waals surface area contributed by atoms with Crippen molar-refractivity contribution < 1.29 is 0 Å². The lowest BCUT2D eigenvalue weighted by Crippen LogP contribution is -2.37. The van der Waals surface area contributed by atoms with E-state index in [4.69, 9.17) is 0 Å². The number of hydrogen-bond donors (Lipinski definition) is 0. The van der Waals surface area contributed by atoms with Crippen molar-refractivity contribution in [2.75, 3.05) is 27.2 Å². The van der Waals surface area contributed by atoms with Crippen LogP contribution in [0.2, 0.25) is 0 Å². The highest BCUT2D eigenvalue weighted by molar-refractivity contribution is 4.51. The van der Waals surface area contributed by atoms with Crippen LogP contribution in [0, 0.1) is 5.92 Å². The molecule has 80 valence electrons. The summed E-state index contributed by atoms with van der Waals surface area (Å²) in [6.07, 6.45) is 3.87. The van der Waals surface area contributed by atoms with Crippen LogP contribution in [0.1, 0.15) is 40.0 Å². The van der Waals surface area contributed by atoms with Gasteiger partial charge in [0.2, 0.25) is 0 Å². The highest BCUT2D eigenvalue weighted by Crippen LogP contribution is 2.04. The predicted octanol–water partition coefficient (Wildman–Crippen LogP) is 2.61. The Bertz CT molecular complexity index is 113. The fourth-order valence-corrected chi connectivity index (χ4v) is 1.39. The minimum atomic E-state index is 0.838. The van der Waals surface area contributed by atoms with Crippen molar-refractivity contribution >= 4 is 0 Å². The third-order valence-electron chi connectivity index (χ3n) is 2.39. The minimum Gasteiger partial charge on any atom is -0.245 e. The first-order chi connectivity index (χ1) is 6.07. The molecule has 0 aliphatic carbocycles. The Labute approximate surface area is 83.9 Å². The van der Waals surface area contributed by atoms with Crippen molar-refractivity contribution in [3.63, 3.8) is 0 Å². The molecule has 0 saturated carbocycles. The Morgan fingerprint density at radius 1 is 1.00 bits per heavy atom. The van der Waals surface area contributed by atoms with Gasteiger partial charge in [-0.3, -0.25) is 0 Å². The minimum absolute atomic E-state index is 0.838. The highest BCUT2D eigenvalue weighted by Gasteiger charge is 2.04. The molecule has 0 rings (SSSR count). The summed E-state index contributed by atoms with van der Waals surface area (Å²) in [6.45, 7) is 9.15. The molecule has 0 atom stereocenters. The van der Waals surface area contributed by atoms with E-state index in [0.717, 1.165) is 12.5 Å². The van der Waals surface area contributed by atoms with Gasteiger partial charge in [-0.15, -0.1) is 0 Å². The lowest BCUT2D eigenvalue weighted by Gasteiger charge is -2.28. The molecule has 0 aromatic carbocycles. The molecular weight excluding hydrogens is 160 g/mol. The van der Waals surface area contributed by atoms with Gasteiger partial charge >= 0.3 is 0 Å². The molecule has 0 aromatic heterocycles. The second kappa shape index (κ2) is 7.34. The van der Waals surface area contributed by atoms with Crippen LogP contribution in [-0.2, 0) is 0 Å². The van der Waals surface area contributed by atoms with Crippen LogP contribution >= 0.6 is 0 Å². The maximum Gasteiger partial charge on any atom is 0.0130 e. The van der Waals surface area contributed by atoms with Crippen molar-refractivity contribution in [3.8, 4) is 0 Å². The van der Waals surface area contributed by atoms with Crippen molar-refractivity contribution in [1.29, 1.82) is 0 Å². The summed E-state index contributed by atoms with van der Waals surface area (Å²) in [5.74, 6) is 0.838. The molecule has 0 heterocycles. The van der Waals surface area contributed by atoms with Gasteiger partial charge in [-0.05, 0) is 25.2 Å². The Morgan fingerprint density at radius 2 is 1.54 bits per heavy atom. The van der Waals surface area contributed by atoms with E-state index in [-0.39, 0.29) is 0 Å². The standard InChI is InChI=1S/C11H26N2/c1-6-9-12(4)13(5)10-7-8-11(2)3/h11H,6-10H2,1-5H3. The second-order valence-electron chi connectivity index (χ2n) is 4.30. The summed E-state index contributed by atoms with van der Waals surface area (Å²) in [6, 6.07) is 0. The maximum absolute atomic E-state index is 2.33. The average molecular weight is 186 g/mol. The first-order valence-electron chi connectivity index (χ1n) is 5.50. The molecule has 0 aliphatic heterocycles. The number of rotatable bonds is 7. The van der Waals surface area contributed by atoms with Crippen LogP contribution in [0.25, 0.3) is 0 Å². The van der Waals surface area contributed by atoms with E-state index in [1.807, 2.05) is 0 Å². The van der Waals surface area contributed by atoms with Gasteiger partial charge in [0, 0.05) is 27.2 Å². The van der Waals surface area contributed by atoms with Gasteiger partial charge in [-0.25, -0.2) is 10.0 Å². The van der Waals surface area contributed by atoms with E-state index in [2.05, 4.69) is 44.9 Å². The van der Waals surface area contributed by atoms with Gasteiger partial charge in [0.1, 0.15) is 0 Å². The zero-order valence-corrected chi connectivity index (χ0v) is 10.0. The van der Waals surface area contributed by atoms with Gasteiger partial charge < -0.3 is 0 Å². The Balaban J connectivity index is 3.43. The third kappa shape index (κ3) is 7.03. The van der Waals surface area contributed by atoms with E-state index in [9.17, 15) is 0 Å². The summed E-state index contributed by atoms with van der Waals surface area (Å²) in [7, 11) is 4.34. The number of hydrogen-bond acceptors (Lipinski definition) is 2.